The van der Waals surface area contributed by atoms with Gasteiger partial charge in [-0.05, 0) is 43.6 Å². The van der Waals surface area contributed by atoms with Gasteiger partial charge in [0.05, 0.1) is 4.92 Å². The summed E-state index contributed by atoms with van der Waals surface area (Å²) in [6.45, 7) is 1.32. The number of hydrogen-bond acceptors (Lipinski definition) is 7. The van der Waals surface area contributed by atoms with E-state index in [1.54, 1.807) is 0 Å². The number of hydrogen-bond donors (Lipinski definition) is 3. The molecule has 0 aliphatic heterocycles. The van der Waals surface area contributed by atoms with Crippen LogP contribution in [-0.2, 0) is 6.42 Å². The summed E-state index contributed by atoms with van der Waals surface area (Å²) in [5, 5.41) is 17.6. The first kappa shape index (κ1) is 19.0. The van der Waals surface area contributed by atoms with Gasteiger partial charge in [0, 0.05) is 19.1 Å². The SMILES string of the molecule is NC1CCC(CNc2nc(NCCc3ccccc3)ncc2[N+](=O)[O-])CC1. The van der Waals surface area contributed by atoms with Gasteiger partial charge in [-0.15, -0.1) is 0 Å². The molecule has 1 fully saturated rings. The number of benzene rings is 1. The molecule has 4 N–H and O–H groups in total. The molecule has 0 atom stereocenters. The van der Waals surface area contributed by atoms with Crippen molar-refractivity contribution in [2.24, 2.45) is 11.7 Å². The number of rotatable bonds is 8. The van der Waals surface area contributed by atoms with E-state index in [9.17, 15) is 10.1 Å². The van der Waals surface area contributed by atoms with E-state index in [1.807, 2.05) is 18.2 Å². The van der Waals surface area contributed by atoms with E-state index in [0.717, 1.165) is 32.1 Å². The zero-order chi connectivity index (χ0) is 19.1. The van der Waals surface area contributed by atoms with E-state index in [1.165, 1.54) is 11.8 Å². The van der Waals surface area contributed by atoms with Crippen molar-refractivity contribution >= 4 is 17.5 Å². The maximum Gasteiger partial charge on any atom is 0.329 e. The van der Waals surface area contributed by atoms with E-state index >= 15 is 0 Å². The third kappa shape index (κ3) is 5.62. The predicted molar refractivity (Wildman–Crippen MR) is 106 cm³/mol. The molecule has 0 radical (unpaired) electrons. The lowest BCUT2D eigenvalue weighted by molar-refractivity contribution is -0.384. The second kappa shape index (κ2) is 9.27. The molecule has 144 valence electrons. The van der Waals surface area contributed by atoms with Gasteiger partial charge < -0.3 is 16.4 Å². The minimum absolute atomic E-state index is 0.101. The Morgan fingerprint density at radius 3 is 2.59 bits per heavy atom. The van der Waals surface area contributed by atoms with Crippen molar-refractivity contribution in [2.75, 3.05) is 23.7 Å². The number of nitrogens with zero attached hydrogens (tertiary/aromatic N) is 3. The van der Waals surface area contributed by atoms with Crippen molar-refractivity contribution in [1.29, 1.82) is 0 Å². The summed E-state index contributed by atoms with van der Waals surface area (Å²) in [6, 6.07) is 10.4. The van der Waals surface area contributed by atoms with Gasteiger partial charge >= 0.3 is 5.69 Å². The number of nitro groups is 1. The highest BCUT2D eigenvalue weighted by atomic mass is 16.6. The van der Waals surface area contributed by atoms with E-state index in [2.05, 4.69) is 32.7 Å². The molecule has 1 aliphatic carbocycles. The van der Waals surface area contributed by atoms with Gasteiger partial charge in [-0.3, -0.25) is 10.1 Å². The Morgan fingerprint density at radius 2 is 1.89 bits per heavy atom. The van der Waals surface area contributed by atoms with Crippen LogP contribution in [0.2, 0.25) is 0 Å². The number of anilines is 2. The number of nitrogens with two attached hydrogens (primary N) is 1. The molecule has 27 heavy (non-hydrogen) atoms. The quantitative estimate of drug-likeness (QED) is 0.483. The van der Waals surface area contributed by atoms with E-state index < -0.39 is 4.92 Å². The Hall–Kier alpha value is -2.74. The van der Waals surface area contributed by atoms with Crippen LogP contribution in [0.3, 0.4) is 0 Å². The van der Waals surface area contributed by atoms with E-state index in [4.69, 9.17) is 5.73 Å². The fourth-order valence-electron chi connectivity index (χ4n) is 3.32. The van der Waals surface area contributed by atoms with Crippen molar-refractivity contribution < 1.29 is 4.92 Å². The van der Waals surface area contributed by atoms with E-state index in [0.29, 0.717) is 25.0 Å². The van der Waals surface area contributed by atoms with E-state index in [-0.39, 0.29) is 17.5 Å². The lowest BCUT2D eigenvalue weighted by Gasteiger charge is -2.26. The first-order valence-electron chi connectivity index (χ1n) is 9.40. The van der Waals surface area contributed by atoms with Crippen LogP contribution in [0.5, 0.6) is 0 Å². The van der Waals surface area contributed by atoms with Crippen molar-refractivity contribution in [3.8, 4) is 0 Å². The van der Waals surface area contributed by atoms with Gasteiger partial charge in [0.1, 0.15) is 6.20 Å². The number of nitrogens with one attached hydrogen (secondary N) is 2. The van der Waals surface area contributed by atoms with Crippen LogP contribution in [0.4, 0.5) is 17.5 Å². The van der Waals surface area contributed by atoms with Crippen LogP contribution in [0, 0.1) is 16.0 Å². The molecule has 0 unspecified atom stereocenters. The summed E-state index contributed by atoms with van der Waals surface area (Å²) in [4.78, 5) is 19.2. The lowest BCUT2D eigenvalue weighted by atomic mass is 9.86. The molecule has 3 rings (SSSR count). The van der Waals surface area contributed by atoms with Crippen LogP contribution in [0.1, 0.15) is 31.2 Å². The van der Waals surface area contributed by atoms with Crippen LogP contribution in [-0.4, -0.2) is 34.0 Å². The van der Waals surface area contributed by atoms with Crippen LogP contribution in [0.15, 0.2) is 36.5 Å². The summed E-state index contributed by atoms with van der Waals surface area (Å²) in [6.07, 6.45) is 6.17. The smallest absolute Gasteiger partial charge is 0.329 e. The van der Waals surface area contributed by atoms with Crippen molar-refractivity contribution in [1.82, 2.24) is 9.97 Å². The maximum atomic E-state index is 11.3. The van der Waals surface area contributed by atoms with Crippen LogP contribution in [0.25, 0.3) is 0 Å². The largest absolute Gasteiger partial charge is 0.364 e. The average Bonchev–Trinajstić information content (AvgIpc) is 2.68. The monoisotopic (exact) mass is 370 g/mol. The molecule has 0 spiro atoms. The lowest BCUT2D eigenvalue weighted by Crippen LogP contribution is -2.29. The fourth-order valence-corrected chi connectivity index (χ4v) is 3.32. The molecule has 1 aromatic carbocycles. The highest BCUT2D eigenvalue weighted by molar-refractivity contribution is 5.57. The first-order valence-corrected chi connectivity index (χ1v) is 9.40. The van der Waals surface area contributed by atoms with Crippen LogP contribution >= 0.6 is 0 Å². The molecule has 0 bridgehead atoms. The zero-order valence-corrected chi connectivity index (χ0v) is 15.3. The minimum Gasteiger partial charge on any atom is -0.364 e. The Morgan fingerprint density at radius 1 is 1.15 bits per heavy atom. The molecule has 1 heterocycles. The second-order valence-corrected chi connectivity index (χ2v) is 7.01. The van der Waals surface area contributed by atoms with Crippen molar-refractivity contribution in [3.63, 3.8) is 0 Å². The Balaban J connectivity index is 1.59. The molecule has 8 nitrogen and oxygen atoms in total. The minimum atomic E-state index is -0.452. The second-order valence-electron chi connectivity index (χ2n) is 7.01. The topological polar surface area (TPSA) is 119 Å². The highest BCUT2D eigenvalue weighted by Gasteiger charge is 2.21. The molecule has 1 aromatic heterocycles. The summed E-state index contributed by atoms with van der Waals surface area (Å²) in [5.74, 6) is 1.13. The van der Waals surface area contributed by atoms with Gasteiger partial charge in [0.25, 0.3) is 0 Å². The maximum absolute atomic E-state index is 11.3. The summed E-state index contributed by atoms with van der Waals surface area (Å²) in [7, 11) is 0. The van der Waals surface area contributed by atoms with Gasteiger partial charge in [0.2, 0.25) is 11.8 Å². The van der Waals surface area contributed by atoms with Gasteiger partial charge in [-0.25, -0.2) is 4.98 Å². The van der Waals surface area contributed by atoms with Gasteiger partial charge in [-0.1, -0.05) is 30.3 Å². The third-order valence-electron chi connectivity index (χ3n) is 4.96. The predicted octanol–water partition coefficient (Wildman–Crippen LogP) is 2.97. The highest BCUT2D eigenvalue weighted by Crippen LogP contribution is 2.26. The molecule has 2 aromatic rings. The standard InChI is InChI=1S/C19H26N6O2/c20-16-8-6-15(7-9-16)12-22-18-17(25(26)27)13-23-19(24-18)21-11-10-14-4-2-1-3-5-14/h1-5,13,15-16H,6-12,20H2,(H2,21,22,23,24). The normalized spacial score (nSPS) is 19.4. The molecular formula is C19H26N6O2. The summed E-state index contributed by atoms with van der Waals surface area (Å²) in [5.41, 5.74) is 7.05. The molecule has 1 aliphatic rings. The molecule has 0 amide bonds. The first-order chi connectivity index (χ1) is 13.1. The summed E-state index contributed by atoms with van der Waals surface area (Å²) >= 11 is 0. The number of aromatic nitrogens is 2. The van der Waals surface area contributed by atoms with Gasteiger partial charge in [0.15, 0.2) is 0 Å². The Bertz CT molecular complexity index is 747. The molecule has 8 heteroatoms. The third-order valence-corrected chi connectivity index (χ3v) is 4.96. The van der Waals surface area contributed by atoms with Gasteiger partial charge in [-0.2, -0.15) is 4.98 Å². The average molecular weight is 370 g/mol. The Kier molecular flexibility index (Phi) is 6.54. The van der Waals surface area contributed by atoms with Crippen LogP contribution < -0.4 is 16.4 Å². The molecular weight excluding hydrogens is 344 g/mol. The van der Waals surface area contributed by atoms with Crippen molar-refractivity contribution in [3.05, 3.63) is 52.2 Å². The van der Waals surface area contributed by atoms with Crippen molar-refractivity contribution in [2.45, 2.75) is 38.1 Å². The molecule has 1 saturated carbocycles. The fraction of sp³-hybridized carbons (Fsp3) is 0.474. The molecule has 0 saturated heterocycles. The zero-order valence-electron chi connectivity index (χ0n) is 15.3. The summed E-state index contributed by atoms with van der Waals surface area (Å²) < 4.78 is 0. The Labute approximate surface area is 158 Å².